The van der Waals surface area contributed by atoms with Crippen LogP contribution in [0.4, 0.5) is 0 Å². The standard InChI is InChI=1S/C22H32O3/c1-13(23)16-5-6-18-21(3)9-7-14-11-15(24)8-10-20(14,2)19(21)17(25)12-22(16,18)4/h7,16-19,25H,5-6,8-12H2,1-4H3/t16-,17+,18+,19-,20+,21+,22-/m1/s1. The largest absolute Gasteiger partial charge is 0.393 e. The molecule has 3 saturated carbocycles. The highest BCUT2D eigenvalue weighted by atomic mass is 16.3. The molecule has 0 saturated heterocycles. The summed E-state index contributed by atoms with van der Waals surface area (Å²) >= 11 is 0. The molecule has 0 aromatic heterocycles. The van der Waals surface area contributed by atoms with Gasteiger partial charge in [0.25, 0.3) is 0 Å². The Kier molecular flexibility index (Phi) is 3.69. The number of fused-ring (bicyclic) bond motifs is 5. The van der Waals surface area contributed by atoms with E-state index < -0.39 is 0 Å². The molecule has 0 unspecified atom stereocenters. The number of ketones is 2. The third kappa shape index (κ3) is 2.14. The average Bonchev–Trinajstić information content (AvgIpc) is 2.85. The maximum Gasteiger partial charge on any atom is 0.136 e. The Morgan fingerprint density at radius 3 is 2.60 bits per heavy atom. The number of allylic oxidation sites excluding steroid dienone is 2. The van der Waals surface area contributed by atoms with Crippen molar-refractivity contribution in [2.24, 2.45) is 34.0 Å². The minimum atomic E-state index is -0.381. The van der Waals surface area contributed by atoms with Crippen molar-refractivity contribution in [2.45, 2.75) is 78.7 Å². The van der Waals surface area contributed by atoms with Crippen LogP contribution in [0.25, 0.3) is 0 Å². The molecule has 4 aliphatic carbocycles. The summed E-state index contributed by atoms with van der Waals surface area (Å²) in [4.78, 5) is 24.3. The van der Waals surface area contributed by atoms with Gasteiger partial charge in [0.2, 0.25) is 0 Å². The van der Waals surface area contributed by atoms with E-state index in [2.05, 4.69) is 26.8 Å². The molecule has 138 valence electrons. The number of Topliss-reactive ketones (excluding diaryl/α,β-unsaturated/α-hetero) is 2. The van der Waals surface area contributed by atoms with Gasteiger partial charge in [-0.05, 0) is 67.1 Å². The predicted molar refractivity (Wildman–Crippen MR) is 96.9 cm³/mol. The number of rotatable bonds is 1. The van der Waals surface area contributed by atoms with Crippen LogP contribution in [0.1, 0.15) is 72.6 Å². The van der Waals surface area contributed by atoms with Crippen molar-refractivity contribution in [3.8, 4) is 0 Å². The first-order valence-electron chi connectivity index (χ1n) is 10.0. The molecule has 0 aromatic rings. The maximum absolute atomic E-state index is 12.3. The maximum atomic E-state index is 12.3. The summed E-state index contributed by atoms with van der Waals surface area (Å²) in [5, 5.41) is 11.3. The van der Waals surface area contributed by atoms with Crippen LogP contribution in [0.2, 0.25) is 0 Å². The van der Waals surface area contributed by atoms with Gasteiger partial charge in [-0.25, -0.2) is 0 Å². The van der Waals surface area contributed by atoms with E-state index in [0.717, 1.165) is 32.1 Å². The first kappa shape index (κ1) is 17.5. The highest BCUT2D eigenvalue weighted by molar-refractivity contribution is 5.83. The minimum Gasteiger partial charge on any atom is -0.393 e. The number of carbonyl (C=O) groups is 2. The topological polar surface area (TPSA) is 54.4 Å². The first-order valence-corrected chi connectivity index (χ1v) is 10.0. The average molecular weight is 344 g/mol. The van der Waals surface area contributed by atoms with E-state index in [-0.39, 0.29) is 34.2 Å². The number of aliphatic hydroxyl groups excluding tert-OH is 1. The zero-order chi connectivity index (χ0) is 18.2. The van der Waals surface area contributed by atoms with E-state index in [4.69, 9.17) is 0 Å². The molecule has 1 N–H and O–H groups in total. The summed E-state index contributed by atoms with van der Waals surface area (Å²) in [7, 11) is 0. The lowest BCUT2D eigenvalue weighted by Crippen LogP contribution is -2.61. The lowest BCUT2D eigenvalue weighted by Gasteiger charge is -2.64. The Balaban J connectivity index is 1.80. The van der Waals surface area contributed by atoms with Gasteiger partial charge in [0.05, 0.1) is 6.10 Å². The summed E-state index contributed by atoms with van der Waals surface area (Å²) in [6, 6.07) is 0. The van der Waals surface area contributed by atoms with Gasteiger partial charge in [-0.3, -0.25) is 9.59 Å². The van der Waals surface area contributed by atoms with Crippen molar-refractivity contribution in [2.75, 3.05) is 0 Å². The van der Waals surface area contributed by atoms with Crippen molar-refractivity contribution in [1.29, 1.82) is 0 Å². The quantitative estimate of drug-likeness (QED) is 0.729. The molecule has 0 aromatic carbocycles. The van der Waals surface area contributed by atoms with E-state index in [0.29, 0.717) is 30.3 Å². The van der Waals surface area contributed by atoms with Crippen LogP contribution < -0.4 is 0 Å². The monoisotopic (exact) mass is 344 g/mol. The van der Waals surface area contributed by atoms with Crippen LogP contribution >= 0.6 is 0 Å². The number of carbonyl (C=O) groups excluding carboxylic acids is 2. The second-order valence-corrected chi connectivity index (χ2v) is 10.1. The SMILES string of the molecule is CC(=O)[C@H]1CC[C@@H]2[C@]1(C)C[C@H](O)[C@H]1[C@@]2(C)CC=C2CC(=O)CC[C@@]21C. The number of aliphatic hydroxyl groups is 1. The van der Waals surface area contributed by atoms with Crippen LogP contribution in [0.5, 0.6) is 0 Å². The smallest absolute Gasteiger partial charge is 0.136 e. The highest BCUT2D eigenvalue weighted by Gasteiger charge is 2.66. The normalized spacial score (nSPS) is 52.0. The zero-order valence-electron chi connectivity index (χ0n) is 16.1. The summed E-state index contributed by atoms with van der Waals surface area (Å²) < 4.78 is 0. The van der Waals surface area contributed by atoms with E-state index in [1.807, 2.05) is 0 Å². The van der Waals surface area contributed by atoms with E-state index in [1.165, 1.54) is 5.57 Å². The molecule has 0 bridgehead atoms. The Bertz CT molecular complexity index is 664. The molecule has 4 aliphatic rings. The van der Waals surface area contributed by atoms with Crippen molar-refractivity contribution in [3.05, 3.63) is 11.6 Å². The van der Waals surface area contributed by atoms with Gasteiger partial charge >= 0.3 is 0 Å². The predicted octanol–water partition coefficient (Wildman–Crippen LogP) is 4.08. The molecule has 0 radical (unpaired) electrons. The zero-order valence-corrected chi connectivity index (χ0v) is 16.1. The van der Waals surface area contributed by atoms with Crippen LogP contribution in [0.15, 0.2) is 11.6 Å². The van der Waals surface area contributed by atoms with Gasteiger partial charge in [-0.2, -0.15) is 0 Å². The third-order valence-corrected chi connectivity index (χ3v) is 8.89. The fourth-order valence-corrected chi connectivity index (χ4v) is 7.98. The lowest BCUT2D eigenvalue weighted by molar-refractivity contribution is -0.171. The second-order valence-electron chi connectivity index (χ2n) is 10.1. The second kappa shape index (κ2) is 5.28. The van der Waals surface area contributed by atoms with Crippen molar-refractivity contribution >= 4 is 11.6 Å². The summed E-state index contributed by atoms with van der Waals surface area (Å²) in [6.45, 7) is 8.64. The highest BCUT2D eigenvalue weighted by Crippen LogP contribution is 2.70. The molecule has 0 aliphatic heterocycles. The van der Waals surface area contributed by atoms with Crippen molar-refractivity contribution < 1.29 is 14.7 Å². The van der Waals surface area contributed by atoms with Crippen molar-refractivity contribution in [3.63, 3.8) is 0 Å². The Hall–Kier alpha value is -0.960. The molecule has 0 heterocycles. The third-order valence-electron chi connectivity index (χ3n) is 8.89. The molecule has 3 fully saturated rings. The Morgan fingerprint density at radius 2 is 1.92 bits per heavy atom. The number of hydrogen-bond acceptors (Lipinski definition) is 3. The van der Waals surface area contributed by atoms with E-state index >= 15 is 0 Å². The molecule has 4 rings (SSSR count). The molecule has 25 heavy (non-hydrogen) atoms. The van der Waals surface area contributed by atoms with Crippen LogP contribution in [0, 0.1) is 34.0 Å². The van der Waals surface area contributed by atoms with Crippen LogP contribution in [-0.2, 0) is 9.59 Å². The van der Waals surface area contributed by atoms with Gasteiger partial charge in [-0.1, -0.05) is 32.4 Å². The van der Waals surface area contributed by atoms with Gasteiger partial charge in [0.15, 0.2) is 0 Å². The summed E-state index contributed by atoms with van der Waals surface area (Å²) in [6.07, 6.45) is 7.78. The molecule has 3 heteroatoms. The molecule has 0 spiro atoms. The van der Waals surface area contributed by atoms with Gasteiger partial charge in [-0.15, -0.1) is 0 Å². The minimum absolute atomic E-state index is 0.0231. The first-order chi connectivity index (χ1) is 11.6. The van der Waals surface area contributed by atoms with Gasteiger partial charge < -0.3 is 5.11 Å². The molecule has 0 amide bonds. The van der Waals surface area contributed by atoms with Gasteiger partial charge in [0, 0.05) is 18.8 Å². The lowest BCUT2D eigenvalue weighted by atomic mass is 9.41. The van der Waals surface area contributed by atoms with Crippen LogP contribution in [0.3, 0.4) is 0 Å². The molecule has 3 nitrogen and oxygen atoms in total. The van der Waals surface area contributed by atoms with E-state index in [9.17, 15) is 14.7 Å². The fourth-order valence-electron chi connectivity index (χ4n) is 7.98. The Labute approximate surface area is 151 Å². The fraction of sp³-hybridized carbons (Fsp3) is 0.818. The molecular formula is C22H32O3. The Morgan fingerprint density at radius 1 is 1.20 bits per heavy atom. The summed E-state index contributed by atoms with van der Waals surface area (Å²) in [5.41, 5.74) is 1.16. The number of hydrogen-bond donors (Lipinski definition) is 1. The van der Waals surface area contributed by atoms with Crippen molar-refractivity contribution in [1.82, 2.24) is 0 Å². The molecular weight excluding hydrogens is 312 g/mol. The van der Waals surface area contributed by atoms with Gasteiger partial charge in [0.1, 0.15) is 11.6 Å². The van der Waals surface area contributed by atoms with Crippen LogP contribution in [-0.4, -0.2) is 22.8 Å². The molecule has 7 atom stereocenters. The summed E-state index contributed by atoms with van der Waals surface area (Å²) in [5.74, 6) is 1.42. The van der Waals surface area contributed by atoms with E-state index in [1.54, 1.807) is 6.92 Å².